The predicted molar refractivity (Wildman–Crippen MR) is 513 cm³/mol. The van der Waals surface area contributed by atoms with E-state index < -0.39 is 0 Å². The summed E-state index contributed by atoms with van der Waals surface area (Å²) < 4.78 is 15.3. The van der Waals surface area contributed by atoms with Gasteiger partial charge in [0.05, 0.1) is 0 Å². The van der Waals surface area contributed by atoms with Crippen LogP contribution in [0.25, 0.3) is 0 Å². The van der Waals surface area contributed by atoms with Gasteiger partial charge in [0.2, 0.25) is 0 Å². The Balaban J connectivity index is 0.000000133. The Morgan fingerprint density at radius 1 is 0.261 bits per heavy atom. The maximum Gasteiger partial charge on any atom is 0.256 e. The molecule has 0 atom stereocenters. The number of ether oxygens (including phenoxy) is 2. The number of hydrogen-bond donors (Lipinski definition) is 1. The third-order valence-electron chi connectivity index (χ3n) is 24.9. The fraction of sp³-hybridized carbons (Fsp3) is 0.0849. The number of para-hydroxylation sites is 4. The topological polar surface area (TPSA) is 46.7 Å². The molecule has 0 unspecified atom stereocenters. The van der Waals surface area contributed by atoms with Crippen LogP contribution in [-0.2, 0) is 0 Å². The molecule has 0 fully saturated rings. The average Bonchev–Trinajstić information content (AvgIpc) is 0.676. The number of benzene rings is 16. The number of fused-ring (bicyclic) bond motifs is 20. The lowest BCUT2D eigenvalue weighted by molar-refractivity contribution is 0.487. The smallest absolute Gasteiger partial charge is 0.256 e. The van der Waals surface area contributed by atoms with Crippen molar-refractivity contribution >= 4 is 205 Å². The summed E-state index contributed by atoms with van der Waals surface area (Å²) in [6.45, 7) is 17.8. The van der Waals surface area contributed by atoms with Crippen LogP contribution in [0.4, 0.5) is 96.7 Å². The lowest BCUT2D eigenvalue weighted by Crippen LogP contribution is -2.68. The van der Waals surface area contributed by atoms with Gasteiger partial charge in [-0.25, -0.2) is 0 Å². The van der Waals surface area contributed by atoms with Crippen LogP contribution >= 0.6 is 15.9 Å². The molecule has 0 radical (unpaired) electrons. The van der Waals surface area contributed by atoms with E-state index in [0.29, 0.717) is 0 Å². The van der Waals surface area contributed by atoms with Crippen molar-refractivity contribution in [1.82, 2.24) is 0 Å². The number of anilines is 17. The number of halogens is 1. The molecule has 8 nitrogen and oxygen atoms in total. The summed E-state index contributed by atoms with van der Waals surface area (Å²) in [4.78, 5) is 12.4. The number of nitrogens with one attached hydrogen (secondary N) is 1. The van der Waals surface area contributed by atoms with Crippen molar-refractivity contribution in [2.24, 2.45) is 0 Å². The molecule has 16 aromatic carbocycles. The molecule has 0 amide bonds. The summed E-state index contributed by atoms with van der Waals surface area (Å²) in [5, 5.41) is 3.30. The van der Waals surface area contributed by atoms with Crippen LogP contribution in [0.1, 0.15) is 51.9 Å². The summed E-state index contributed by atoms with van der Waals surface area (Å²) in [6, 6.07) is 120. The fourth-order valence-corrected chi connectivity index (χ4v) is 20.2. The largest absolute Gasteiger partial charge is 0.458 e. The summed E-state index contributed by atoms with van der Waals surface area (Å²) in [7, 11) is 0. The monoisotopic (exact) mass is 1600 g/mol. The first-order valence-electron chi connectivity index (χ1n) is 40.7. The van der Waals surface area contributed by atoms with Crippen molar-refractivity contribution in [1.29, 1.82) is 0 Å². The number of nitrogens with zero attached hydrogens (tertiary/aromatic N) is 5. The van der Waals surface area contributed by atoms with Gasteiger partial charge >= 0.3 is 0 Å². The Hall–Kier alpha value is -13.3. The maximum atomic E-state index is 7.34. The van der Waals surface area contributed by atoms with Gasteiger partial charge in [-0.05, 0) is 248 Å². The third kappa shape index (κ3) is 12.0. The molecule has 1 N–H and O–H groups in total. The van der Waals surface area contributed by atoms with Gasteiger partial charge in [-0.1, -0.05) is 250 Å². The van der Waals surface area contributed by atoms with E-state index in [9.17, 15) is 0 Å². The summed E-state index contributed by atoms with van der Waals surface area (Å²) >= 11 is 3.73. The second-order valence-corrected chi connectivity index (χ2v) is 33.6. The molecule has 0 saturated carbocycles. The molecule has 572 valence electrons. The van der Waals surface area contributed by atoms with E-state index in [4.69, 9.17) is 9.47 Å². The van der Waals surface area contributed by atoms with Crippen LogP contribution in [0.3, 0.4) is 0 Å². The molecule has 16 aromatic rings. The molecule has 8 heterocycles. The highest BCUT2D eigenvalue weighted by molar-refractivity contribution is 9.10. The minimum absolute atomic E-state index is 0. The highest BCUT2D eigenvalue weighted by Crippen LogP contribution is 2.52. The van der Waals surface area contributed by atoms with E-state index in [1.54, 1.807) is 0 Å². The molecule has 24 rings (SSSR count). The number of rotatable bonds is 7. The van der Waals surface area contributed by atoms with E-state index in [0.717, 1.165) is 67.3 Å². The fourth-order valence-electron chi connectivity index (χ4n) is 19.9. The second-order valence-electron chi connectivity index (χ2n) is 32.7. The first-order valence-corrected chi connectivity index (χ1v) is 41.5. The van der Waals surface area contributed by atoms with Crippen molar-refractivity contribution in [3.63, 3.8) is 0 Å². The number of aryl methyl sites for hydroxylation is 8. The third-order valence-corrected chi connectivity index (χ3v) is 25.4. The van der Waals surface area contributed by atoms with E-state index in [-0.39, 0.29) is 41.7 Å². The molecule has 0 saturated heterocycles. The van der Waals surface area contributed by atoms with E-state index in [1.807, 2.05) is 60.7 Å². The van der Waals surface area contributed by atoms with E-state index >= 15 is 0 Å². The zero-order valence-electron chi connectivity index (χ0n) is 67.4. The number of hydrogen-bond acceptors (Lipinski definition) is 8. The summed E-state index contributed by atoms with van der Waals surface area (Å²) in [5.41, 5.74) is 45.8. The highest BCUT2D eigenvalue weighted by atomic mass is 79.9. The zero-order chi connectivity index (χ0) is 78.7. The SMILES string of the molecule is C.Cc1ccc(N2c3ccc(C)cc3B3c4cc(C)ccc4N4c5ccc(C)cc5B5c6ccc(Br)cc6Oc6cc2c3c4c65)cc1.Cc1ccc(N2c3ccc(C)cc3B3c4cc(C)ccc4N4c5ccc(C)cc5B5c6ccc(N(c7ccccc7)c7ccccc7)cc6Oc6cc2c3c4c65)cc1.[CH3-].c1ccc(Nc2ccccc2)cc1. The van der Waals surface area contributed by atoms with Crippen molar-refractivity contribution < 1.29 is 9.47 Å². The molecule has 0 spiro atoms. The summed E-state index contributed by atoms with van der Waals surface area (Å²) in [5.74, 6) is 3.64. The zero-order valence-corrected chi connectivity index (χ0v) is 69.0. The Bertz CT molecular complexity index is 6690. The maximum absolute atomic E-state index is 7.34. The predicted octanol–water partition coefficient (Wildman–Crippen LogP) is 20.6. The Labute approximate surface area is 709 Å². The average molecular weight is 1600 g/mol. The first kappa shape index (κ1) is 74.5. The standard InChI is InChI=1S/C52H39B2N3O.C40H29B2BrN2O.C12H11N.CH4.CH3/c1-32-15-20-38(21-16-32)56-44-24-17-33(2)27-41(44)54-43-29-35(4)19-26-46(43)57-45-25-18-34(3)28-42(45)53-40-23-22-39(30-48(40)58-49-31-47(56)50(54)52(57)51(49)53)55(36-11-7-5-8-12-36)37-13-9-6-10-14-37;1-22-5-11-27(12-6-22)44-32-14-7-23(2)17-29(32)42-31-19-25(4)9-16-34(31)45-33-15-8-24(3)18-30(33)41-28-13-10-26(43)20-36(28)46-37-21-35(44)38(42)40(45)39(37)41;1-3-7-11(8-4-1)13-12-9-5-2-6-10-12;;/h5-31H,1-4H3;5-21H,1-4H3;1-10,13H;1H4;1H3/q;;;;-1. The first-order chi connectivity index (χ1) is 57.2. The normalized spacial score (nSPS) is 13.1. The quantitative estimate of drug-likeness (QED) is 0.125. The van der Waals surface area contributed by atoms with Gasteiger partial charge in [0, 0.05) is 119 Å². The summed E-state index contributed by atoms with van der Waals surface area (Å²) in [6.07, 6.45) is 0. The van der Waals surface area contributed by atoms with E-state index in [1.165, 1.54) is 167 Å². The lowest BCUT2D eigenvalue weighted by Gasteiger charge is -2.49. The minimum atomic E-state index is -0.0134. The molecular formula is C106H86B4BrN6O2-. The molecule has 0 bridgehead atoms. The van der Waals surface area contributed by atoms with Gasteiger partial charge in [0.1, 0.15) is 23.0 Å². The minimum Gasteiger partial charge on any atom is -0.458 e. The highest BCUT2D eigenvalue weighted by Gasteiger charge is 2.54. The molecule has 0 aliphatic carbocycles. The van der Waals surface area contributed by atoms with Gasteiger partial charge < -0.3 is 46.7 Å². The van der Waals surface area contributed by atoms with Gasteiger partial charge in [0.25, 0.3) is 26.9 Å². The van der Waals surface area contributed by atoms with Crippen LogP contribution in [0.15, 0.2) is 332 Å². The van der Waals surface area contributed by atoms with Crippen LogP contribution in [0, 0.1) is 62.8 Å². The van der Waals surface area contributed by atoms with Crippen LogP contribution in [-0.4, -0.2) is 26.9 Å². The lowest BCUT2D eigenvalue weighted by atomic mass is 9.29. The van der Waals surface area contributed by atoms with Crippen LogP contribution in [0.2, 0.25) is 0 Å². The Morgan fingerprint density at radius 3 is 0.916 bits per heavy atom. The van der Waals surface area contributed by atoms with Gasteiger partial charge in [-0.3, -0.25) is 0 Å². The van der Waals surface area contributed by atoms with Crippen molar-refractivity contribution in [3.8, 4) is 23.0 Å². The van der Waals surface area contributed by atoms with Gasteiger partial charge in [-0.15, -0.1) is 0 Å². The molecule has 13 heteroatoms. The molecule has 8 aliphatic rings. The van der Waals surface area contributed by atoms with Crippen molar-refractivity contribution in [2.45, 2.75) is 62.8 Å². The van der Waals surface area contributed by atoms with Gasteiger partial charge in [0.15, 0.2) is 0 Å². The second kappa shape index (κ2) is 29.1. The van der Waals surface area contributed by atoms with Crippen LogP contribution < -0.4 is 105 Å². The van der Waals surface area contributed by atoms with Gasteiger partial charge in [-0.2, -0.15) is 0 Å². The van der Waals surface area contributed by atoms with Crippen molar-refractivity contribution in [2.75, 3.05) is 29.8 Å². The van der Waals surface area contributed by atoms with Crippen LogP contribution in [0.5, 0.6) is 23.0 Å². The Kier molecular flexibility index (Phi) is 18.2. The van der Waals surface area contributed by atoms with Crippen molar-refractivity contribution in [3.05, 3.63) is 384 Å². The molecule has 119 heavy (non-hydrogen) atoms. The molecule has 0 aromatic heterocycles. The molecule has 8 aliphatic heterocycles. The van der Waals surface area contributed by atoms with E-state index in [2.05, 4.69) is 368 Å². The Morgan fingerprint density at radius 2 is 0.563 bits per heavy atom. The molecular weight excluding hydrogens is 1510 g/mol.